The van der Waals surface area contributed by atoms with E-state index in [0.29, 0.717) is 18.2 Å². The lowest BCUT2D eigenvalue weighted by molar-refractivity contribution is -0.0374. The van der Waals surface area contributed by atoms with Crippen LogP contribution in [0.4, 0.5) is 14.7 Å². The van der Waals surface area contributed by atoms with Crippen molar-refractivity contribution >= 4 is 5.95 Å². The lowest BCUT2D eigenvalue weighted by atomic mass is 10.3. The number of hydrogen-bond acceptors (Lipinski definition) is 5. The van der Waals surface area contributed by atoms with E-state index in [9.17, 15) is 8.78 Å². The van der Waals surface area contributed by atoms with Gasteiger partial charge in [-0.3, -0.25) is 0 Å². The van der Waals surface area contributed by atoms with Crippen LogP contribution in [0.5, 0.6) is 5.88 Å². The van der Waals surface area contributed by atoms with E-state index in [1.807, 2.05) is 6.92 Å². The van der Waals surface area contributed by atoms with Gasteiger partial charge in [-0.1, -0.05) is 6.92 Å². The van der Waals surface area contributed by atoms with Gasteiger partial charge < -0.3 is 15.2 Å². The molecule has 0 aromatic carbocycles. The maximum atomic E-state index is 12.8. The third-order valence-electron chi connectivity index (χ3n) is 2.02. The van der Waals surface area contributed by atoms with E-state index < -0.39 is 19.1 Å². The minimum atomic E-state index is -3.20. The molecule has 0 unspecified atom stereocenters. The average Bonchev–Trinajstić information content (AvgIpc) is 2.33. The Morgan fingerprint density at radius 3 is 2.78 bits per heavy atom. The summed E-state index contributed by atoms with van der Waals surface area (Å²) in [6.45, 7) is 2.23. The summed E-state index contributed by atoms with van der Waals surface area (Å²) < 4.78 is 31.0. The molecule has 0 saturated heterocycles. The molecular formula is C11H17F2N3O2. The van der Waals surface area contributed by atoms with Crippen molar-refractivity contribution in [3.8, 4) is 5.88 Å². The van der Waals surface area contributed by atoms with Gasteiger partial charge in [-0.15, -0.1) is 0 Å². The number of ether oxygens (including phenoxy) is 1. The summed E-state index contributed by atoms with van der Waals surface area (Å²) in [5.74, 6) is -2.79. The first-order valence-electron chi connectivity index (χ1n) is 5.68. The predicted molar refractivity (Wildman–Crippen MR) is 63.1 cm³/mol. The summed E-state index contributed by atoms with van der Waals surface area (Å²) in [5, 5.41) is 10.8. The summed E-state index contributed by atoms with van der Waals surface area (Å²) in [5.41, 5.74) is 0.617. The molecule has 7 heteroatoms. The van der Waals surface area contributed by atoms with Crippen molar-refractivity contribution in [1.29, 1.82) is 0 Å². The predicted octanol–water partition coefficient (Wildman–Crippen LogP) is 1.61. The fraction of sp³-hybridized carbons (Fsp3) is 0.636. The maximum Gasteiger partial charge on any atom is 0.287 e. The second-order valence-electron chi connectivity index (χ2n) is 3.89. The molecule has 0 spiro atoms. The summed E-state index contributed by atoms with van der Waals surface area (Å²) in [6.07, 6.45) is 0.828. The van der Waals surface area contributed by atoms with Gasteiger partial charge in [0.15, 0.2) is 0 Å². The molecule has 0 aliphatic carbocycles. The van der Waals surface area contributed by atoms with E-state index in [-0.39, 0.29) is 5.95 Å². The Hall–Kier alpha value is -1.50. The van der Waals surface area contributed by atoms with Gasteiger partial charge in [0, 0.05) is 11.8 Å². The Bertz CT molecular complexity index is 389. The van der Waals surface area contributed by atoms with Gasteiger partial charge in [0.1, 0.15) is 6.61 Å². The molecule has 1 rings (SSSR count). The summed E-state index contributed by atoms with van der Waals surface area (Å²) >= 11 is 0. The number of anilines is 1. The van der Waals surface area contributed by atoms with Crippen LogP contribution in [0.25, 0.3) is 0 Å². The highest BCUT2D eigenvalue weighted by Gasteiger charge is 2.27. The molecule has 1 aromatic rings. The van der Waals surface area contributed by atoms with E-state index in [1.54, 1.807) is 13.0 Å². The van der Waals surface area contributed by atoms with Crippen molar-refractivity contribution < 1.29 is 18.6 Å². The number of halogens is 2. The molecule has 2 N–H and O–H groups in total. The van der Waals surface area contributed by atoms with E-state index in [0.717, 1.165) is 6.42 Å². The fourth-order valence-corrected chi connectivity index (χ4v) is 1.16. The van der Waals surface area contributed by atoms with Crippen molar-refractivity contribution in [2.75, 3.05) is 25.1 Å². The van der Waals surface area contributed by atoms with Crippen molar-refractivity contribution in [2.45, 2.75) is 26.2 Å². The molecular weight excluding hydrogens is 244 g/mol. The minimum absolute atomic E-state index is 0.0641. The molecule has 0 saturated carbocycles. The summed E-state index contributed by atoms with van der Waals surface area (Å²) in [7, 11) is 0. The van der Waals surface area contributed by atoms with Gasteiger partial charge in [-0.2, -0.15) is 4.98 Å². The van der Waals surface area contributed by atoms with Crippen molar-refractivity contribution in [3.63, 3.8) is 0 Å². The van der Waals surface area contributed by atoms with Crippen LogP contribution in [0.1, 0.15) is 19.0 Å². The van der Waals surface area contributed by atoms with Crippen LogP contribution in [0, 0.1) is 6.92 Å². The van der Waals surface area contributed by atoms with E-state index in [1.165, 1.54) is 0 Å². The topological polar surface area (TPSA) is 67.3 Å². The van der Waals surface area contributed by atoms with Crippen molar-refractivity contribution in [2.24, 2.45) is 0 Å². The zero-order valence-corrected chi connectivity index (χ0v) is 10.4. The van der Waals surface area contributed by atoms with Crippen LogP contribution in [0.2, 0.25) is 0 Å². The smallest absolute Gasteiger partial charge is 0.287 e. The number of rotatable bonds is 7. The number of alkyl halides is 2. The third-order valence-corrected chi connectivity index (χ3v) is 2.02. The molecule has 0 radical (unpaired) electrons. The largest absolute Gasteiger partial charge is 0.478 e. The van der Waals surface area contributed by atoms with Crippen LogP contribution >= 0.6 is 0 Å². The summed E-state index contributed by atoms with van der Waals surface area (Å²) in [6, 6.07) is 1.63. The quantitative estimate of drug-likeness (QED) is 0.780. The Balaban J connectivity index is 2.68. The number of aliphatic hydroxyl groups excluding tert-OH is 1. The van der Waals surface area contributed by atoms with E-state index in [4.69, 9.17) is 9.84 Å². The number of aliphatic hydroxyl groups is 1. The van der Waals surface area contributed by atoms with Crippen LogP contribution in [-0.4, -0.2) is 40.8 Å². The SMILES string of the molecule is CCCOc1cc(C)nc(NCC(F)(F)CO)n1. The molecule has 0 aliphatic heterocycles. The first kappa shape index (κ1) is 14.6. The van der Waals surface area contributed by atoms with E-state index in [2.05, 4.69) is 15.3 Å². The Labute approximate surface area is 104 Å². The van der Waals surface area contributed by atoms with Crippen LogP contribution in [0.15, 0.2) is 6.07 Å². The van der Waals surface area contributed by atoms with Crippen molar-refractivity contribution in [3.05, 3.63) is 11.8 Å². The molecule has 5 nitrogen and oxygen atoms in total. The van der Waals surface area contributed by atoms with Crippen LogP contribution in [-0.2, 0) is 0 Å². The highest BCUT2D eigenvalue weighted by atomic mass is 19.3. The van der Waals surface area contributed by atoms with E-state index >= 15 is 0 Å². The Morgan fingerprint density at radius 1 is 1.44 bits per heavy atom. The van der Waals surface area contributed by atoms with Crippen molar-refractivity contribution in [1.82, 2.24) is 9.97 Å². The molecule has 0 fully saturated rings. The Morgan fingerprint density at radius 2 is 2.17 bits per heavy atom. The monoisotopic (exact) mass is 261 g/mol. The second kappa shape index (κ2) is 6.44. The van der Waals surface area contributed by atoms with Gasteiger partial charge >= 0.3 is 0 Å². The zero-order valence-electron chi connectivity index (χ0n) is 10.4. The first-order valence-corrected chi connectivity index (χ1v) is 5.68. The summed E-state index contributed by atoms with van der Waals surface area (Å²) in [4.78, 5) is 7.91. The van der Waals surface area contributed by atoms with Gasteiger partial charge in [-0.25, -0.2) is 13.8 Å². The second-order valence-corrected chi connectivity index (χ2v) is 3.89. The third kappa shape index (κ3) is 4.79. The standard InChI is InChI=1S/C11H17F2N3O2/c1-3-4-18-9-5-8(2)15-10(16-9)14-6-11(12,13)7-17/h5,17H,3-4,6-7H2,1-2H3,(H,14,15,16). The first-order chi connectivity index (χ1) is 8.46. The van der Waals surface area contributed by atoms with Crippen LogP contribution in [0.3, 0.4) is 0 Å². The number of hydrogen-bond donors (Lipinski definition) is 2. The highest BCUT2D eigenvalue weighted by molar-refractivity contribution is 5.30. The normalized spacial score (nSPS) is 11.4. The molecule has 18 heavy (non-hydrogen) atoms. The lowest BCUT2D eigenvalue weighted by Crippen LogP contribution is -2.31. The molecule has 102 valence electrons. The Kier molecular flexibility index (Phi) is 5.21. The van der Waals surface area contributed by atoms with Gasteiger partial charge in [0.2, 0.25) is 11.8 Å². The molecule has 0 bridgehead atoms. The number of nitrogens with one attached hydrogen (secondary N) is 1. The van der Waals surface area contributed by atoms with Crippen LogP contribution < -0.4 is 10.1 Å². The average molecular weight is 261 g/mol. The lowest BCUT2D eigenvalue weighted by Gasteiger charge is -2.14. The van der Waals surface area contributed by atoms with Gasteiger partial charge in [-0.05, 0) is 13.3 Å². The number of nitrogens with zero attached hydrogens (tertiary/aromatic N) is 2. The maximum absolute atomic E-state index is 12.8. The number of aromatic nitrogens is 2. The fourth-order valence-electron chi connectivity index (χ4n) is 1.16. The molecule has 1 heterocycles. The molecule has 0 aliphatic rings. The molecule has 0 amide bonds. The van der Waals surface area contributed by atoms with Gasteiger partial charge in [0.05, 0.1) is 13.2 Å². The zero-order chi connectivity index (χ0) is 13.6. The molecule has 0 atom stereocenters. The minimum Gasteiger partial charge on any atom is -0.478 e. The number of aryl methyl sites for hydroxylation is 1. The highest BCUT2D eigenvalue weighted by Crippen LogP contribution is 2.15. The van der Waals surface area contributed by atoms with Gasteiger partial charge in [0.25, 0.3) is 5.92 Å². The molecule has 1 aromatic heterocycles.